The van der Waals surface area contributed by atoms with Crippen LogP contribution in [0, 0.1) is 0 Å². The highest BCUT2D eigenvalue weighted by Crippen LogP contribution is 2.30. The third-order valence-corrected chi connectivity index (χ3v) is 4.31. The van der Waals surface area contributed by atoms with Crippen LogP contribution in [-0.4, -0.2) is 23.5 Å². The van der Waals surface area contributed by atoms with E-state index < -0.39 is 5.97 Å². The number of fused-ring (bicyclic) bond motifs is 1. The number of carboxylic acids is 1. The van der Waals surface area contributed by atoms with Gasteiger partial charge in [-0.05, 0) is 43.7 Å². The second-order valence-electron chi connectivity index (χ2n) is 4.52. The smallest absolute Gasteiger partial charge is 0.303 e. The maximum atomic E-state index is 11.8. The van der Waals surface area contributed by atoms with Crippen molar-refractivity contribution in [3.8, 4) is 0 Å². The summed E-state index contributed by atoms with van der Waals surface area (Å²) < 4.78 is 0. The lowest BCUT2D eigenvalue weighted by atomic mass is 10.2. The molecule has 1 aromatic rings. The summed E-state index contributed by atoms with van der Waals surface area (Å²) in [5.41, 5.74) is 1.33. The van der Waals surface area contributed by atoms with E-state index in [1.807, 2.05) is 6.07 Å². The molecule has 2 rings (SSSR count). The molecule has 0 aromatic carbocycles. The molecule has 1 amide bonds. The zero-order valence-electron chi connectivity index (χ0n) is 10.2. The second-order valence-corrected chi connectivity index (χ2v) is 5.66. The lowest BCUT2D eigenvalue weighted by molar-refractivity contribution is -0.137. The monoisotopic (exact) mass is 267 g/mol. The summed E-state index contributed by atoms with van der Waals surface area (Å²) in [4.78, 5) is 24.3. The van der Waals surface area contributed by atoms with Gasteiger partial charge in [-0.3, -0.25) is 9.59 Å². The van der Waals surface area contributed by atoms with Gasteiger partial charge in [0.05, 0.1) is 4.88 Å². The van der Waals surface area contributed by atoms with Crippen LogP contribution in [0.25, 0.3) is 0 Å². The Bertz CT molecular complexity index is 432. The molecule has 0 bridgehead atoms. The Labute approximate surface area is 110 Å². The molecule has 0 unspecified atom stereocenters. The summed E-state index contributed by atoms with van der Waals surface area (Å²) >= 11 is 1.59. The van der Waals surface area contributed by atoms with Gasteiger partial charge in [0, 0.05) is 17.8 Å². The Hall–Kier alpha value is -1.36. The molecule has 1 heterocycles. The molecule has 5 heteroatoms. The summed E-state index contributed by atoms with van der Waals surface area (Å²) in [6.07, 6.45) is 4.89. The van der Waals surface area contributed by atoms with Crippen LogP contribution < -0.4 is 5.32 Å². The van der Waals surface area contributed by atoms with Crippen LogP contribution in [0.3, 0.4) is 0 Å². The zero-order chi connectivity index (χ0) is 13.0. The lowest BCUT2D eigenvalue weighted by Crippen LogP contribution is -2.23. The molecular formula is C13H17NO3S. The van der Waals surface area contributed by atoms with Crippen molar-refractivity contribution in [1.29, 1.82) is 0 Å². The molecule has 0 saturated carbocycles. The third kappa shape index (κ3) is 3.32. The standard InChI is InChI=1S/C13H17NO3S/c15-12(16)6-1-2-7-14-13(17)11-8-9-4-3-5-10(9)18-11/h8H,1-7H2,(H,14,17)(H,15,16). The highest BCUT2D eigenvalue weighted by molar-refractivity contribution is 7.14. The number of carboxylic acid groups (broad SMARTS) is 1. The van der Waals surface area contributed by atoms with Gasteiger partial charge in [0.2, 0.25) is 0 Å². The fourth-order valence-corrected chi connectivity index (χ4v) is 3.30. The van der Waals surface area contributed by atoms with E-state index in [1.54, 1.807) is 11.3 Å². The van der Waals surface area contributed by atoms with Gasteiger partial charge in [0.1, 0.15) is 0 Å². The number of carbonyl (C=O) groups is 2. The molecule has 0 atom stereocenters. The Morgan fingerprint density at radius 3 is 2.89 bits per heavy atom. The fourth-order valence-electron chi connectivity index (χ4n) is 2.13. The molecule has 0 fully saturated rings. The van der Waals surface area contributed by atoms with Crippen molar-refractivity contribution in [2.75, 3.05) is 6.54 Å². The minimum absolute atomic E-state index is 0.0234. The Balaban J connectivity index is 1.72. The normalized spacial score (nSPS) is 13.3. The van der Waals surface area contributed by atoms with Gasteiger partial charge < -0.3 is 10.4 Å². The van der Waals surface area contributed by atoms with E-state index in [2.05, 4.69) is 5.32 Å². The highest BCUT2D eigenvalue weighted by atomic mass is 32.1. The number of hydrogen-bond acceptors (Lipinski definition) is 3. The van der Waals surface area contributed by atoms with Crippen molar-refractivity contribution in [3.05, 3.63) is 21.4 Å². The van der Waals surface area contributed by atoms with Crippen molar-refractivity contribution in [2.45, 2.75) is 38.5 Å². The SMILES string of the molecule is O=C(O)CCCCNC(=O)c1cc2c(s1)CCC2. The number of nitrogens with one attached hydrogen (secondary N) is 1. The first-order valence-electron chi connectivity index (χ1n) is 6.28. The number of aryl methyl sites for hydroxylation is 2. The number of amides is 1. The van der Waals surface area contributed by atoms with E-state index in [9.17, 15) is 9.59 Å². The summed E-state index contributed by atoms with van der Waals surface area (Å²) in [5.74, 6) is -0.805. The third-order valence-electron chi connectivity index (χ3n) is 3.07. The minimum atomic E-state index is -0.781. The summed E-state index contributed by atoms with van der Waals surface area (Å²) in [6, 6.07) is 2.00. The van der Waals surface area contributed by atoms with Crippen molar-refractivity contribution in [1.82, 2.24) is 5.32 Å². The maximum absolute atomic E-state index is 11.8. The Kier molecular flexibility index (Phi) is 4.36. The van der Waals surface area contributed by atoms with Crippen LogP contribution in [0.2, 0.25) is 0 Å². The predicted molar refractivity (Wildman–Crippen MR) is 70.2 cm³/mol. The van der Waals surface area contributed by atoms with Crippen molar-refractivity contribution in [2.24, 2.45) is 0 Å². The van der Waals surface area contributed by atoms with Crippen LogP contribution in [0.5, 0.6) is 0 Å². The molecule has 1 aliphatic carbocycles. The molecule has 2 N–H and O–H groups in total. The first-order chi connectivity index (χ1) is 8.66. The quantitative estimate of drug-likeness (QED) is 0.777. The first-order valence-corrected chi connectivity index (χ1v) is 7.10. The molecule has 0 aliphatic heterocycles. The summed E-state index contributed by atoms with van der Waals surface area (Å²) in [7, 11) is 0. The number of thiophene rings is 1. The van der Waals surface area contributed by atoms with E-state index in [4.69, 9.17) is 5.11 Å². The minimum Gasteiger partial charge on any atom is -0.481 e. The van der Waals surface area contributed by atoms with Gasteiger partial charge >= 0.3 is 5.97 Å². The van der Waals surface area contributed by atoms with E-state index in [0.717, 1.165) is 17.7 Å². The van der Waals surface area contributed by atoms with Gasteiger partial charge in [0.25, 0.3) is 5.91 Å². The largest absolute Gasteiger partial charge is 0.481 e. The number of carbonyl (C=O) groups excluding carboxylic acids is 1. The van der Waals surface area contributed by atoms with Crippen LogP contribution in [0.4, 0.5) is 0 Å². The van der Waals surface area contributed by atoms with E-state index in [-0.39, 0.29) is 12.3 Å². The molecular weight excluding hydrogens is 250 g/mol. The van der Waals surface area contributed by atoms with Crippen molar-refractivity contribution in [3.63, 3.8) is 0 Å². The van der Waals surface area contributed by atoms with Gasteiger partial charge in [0.15, 0.2) is 0 Å². The molecule has 0 radical (unpaired) electrons. The average Bonchev–Trinajstić information content (AvgIpc) is 2.87. The van der Waals surface area contributed by atoms with E-state index in [0.29, 0.717) is 19.4 Å². The molecule has 4 nitrogen and oxygen atoms in total. The molecule has 0 spiro atoms. The predicted octanol–water partition coefficient (Wildman–Crippen LogP) is 2.22. The maximum Gasteiger partial charge on any atom is 0.303 e. The lowest BCUT2D eigenvalue weighted by Gasteiger charge is -2.02. The first kappa shape index (κ1) is 13.1. The number of rotatable bonds is 6. The number of hydrogen-bond donors (Lipinski definition) is 2. The molecule has 18 heavy (non-hydrogen) atoms. The zero-order valence-corrected chi connectivity index (χ0v) is 11.0. The fraction of sp³-hybridized carbons (Fsp3) is 0.538. The van der Waals surface area contributed by atoms with Gasteiger partial charge in [-0.2, -0.15) is 0 Å². The van der Waals surface area contributed by atoms with Crippen LogP contribution in [-0.2, 0) is 17.6 Å². The van der Waals surface area contributed by atoms with Crippen LogP contribution in [0.15, 0.2) is 6.07 Å². The topological polar surface area (TPSA) is 66.4 Å². The number of aliphatic carboxylic acids is 1. The molecule has 1 aromatic heterocycles. The van der Waals surface area contributed by atoms with E-state index in [1.165, 1.54) is 16.9 Å². The van der Waals surface area contributed by atoms with Crippen LogP contribution in [0.1, 0.15) is 45.8 Å². The Morgan fingerprint density at radius 1 is 1.33 bits per heavy atom. The second kappa shape index (κ2) is 6.00. The summed E-state index contributed by atoms with van der Waals surface area (Å²) in [5, 5.41) is 11.3. The molecule has 1 aliphatic rings. The van der Waals surface area contributed by atoms with Crippen molar-refractivity contribution >= 4 is 23.2 Å². The van der Waals surface area contributed by atoms with Gasteiger partial charge in [-0.1, -0.05) is 0 Å². The Morgan fingerprint density at radius 2 is 2.17 bits per heavy atom. The summed E-state index contributed by atoms with van der Waals surface area (Å²) in [6.45, 7) is 0.550. The molecule has 98 valence electrons. The average molecular weight is 267 g/mol. The van der Waals surface area contributed by atoms with Gasteiger partial charge in [-0.25, -0.2) is 0 Å². The van der Waals surface area contributed by atoms with Crippen LogP contribution >= 0.6 is 11.3 Å². The number of unbranched alkanes of at least 4 members (excludes halogenated alkanes) is 1. The van der Waals surface area contributed by atoms with Crippen molar-refractivity contribution < 1.29 is 14.7 Å². The highest BCUT2D eigenvalue weighted by Gasteiger charge is 2.17. The van der Waals surface area contributed by atoms with E-state index >= 15 is 0 Å². The molecule has 0 saturated heterocycles. The van der Waals surface area contributed by atoms with Gasteiger partial charge in [-0.15, -0.1) is 11.3 Å².